The second kappa shape index (κ2) is 9.36. The van der Waals surface area contributed by atoms with Gasteiger partial charge in [-0.15, -0.1) is 0 Å². The van der Waals surface area contributed by atoms with Crippen molar-refractivity contribution in [2.75, 3.05) is 19.0 Å². The molecule has 1 aliphatic rings. The molecule has 1 aromatic heterocycles. The summed E-state index contributed by atoms with van der Waals surface area (Å²) in [5, 5.41) is 14.8. The van der Waals surface area contributed by atoms with Gasteiger partial charge in [-0.2, -0.15) is 0 Å². The molecule has 0 unspecified atom stereocenters. The minimum Gasteiger partial charge on any atom is -0.495 e. The molecule has 4 rings (SSSR count). The Morgan fingerprint density at radius 3 is 2.73 bits per heavy atom. The monoisotopic (exact) mass is 450 g/mol. The summed E-state index contributed by atoms with van der Waals surface area (Å²) in [5.74, 6) is 1.59. The lowest BCUT2D eigenvalue weighted by Gasteiger charge is -2.13. The van der Waals surface area contributed by atoms with Crippen LogP contribution in [0.25, 0.3) is 16.5 Å². The molecule has 1 heterocycles. The van der Waals surface area contributed by atoms with Crippen LogP contribution in [-0.4, -0.2) is 24.5 Å². The third-order valence-electron chi connectivity index (χ3n) is 5.78. The number of anilines is 1. The van der Waals surface area contributed by atoms with Crippen LogP contribution in [0.1, 0.15) is 43.6 Å². The van der Waals surface area contributed by atoms with E-state index >= 15 is 0 Å². The van der Waals surface area contributed by atoms with Gasteiger partial charge in [-0.3, -0.25) is 14.9 Å². The van der Waals surface area contributed by atoms with Crippen LogP contribution in [0.15, 0.2) is 40.8 Å². The van der Waals surface area contributed by atoms with Gasteiger partial charge >= 0.3 is 0 Å². The molecule has 33 heavy (non-hydrogen) atoms. The molecule has 0 aliphatic heterocycles. The molecule has 3 aromatic rings. The second-order valence-corrected chi connectivity index (χ2v) is 7.95. The second-order valence-electron chi connectivity index (χ2n) is 7.95. The topological polar surface area (TPSA) is 104 Å². The molecule has 172 valence electrons. The van der Waals surface area contributed by atoms with Gasteiger partial charge < -0.3 is 19.2 Å². The molecule has 8 nitrogen and oxygen atoms in total. The van der Waals surface area contributed by atoms with Crippen molar-refractivity contribution >= 4 is 33.8 Å². The molecule has 0 radical (unpaired) electrons. The summed E-state index contributed by atoms with van der Waals surface area (Å²) < 4.78 is 17.2. The van der Waals surface area contributed by atoms with Gasteiger partial charge in [0.15, 0.2) is 0 Å². The molecule has 0 spiro atoms. The number of rotatable bonds is 7. The summed E-state index contributed by atoms with van der Waals surface area (Å²) in [7, 11) is 1.44. The number of hydrogen-bond donors (Lipinski definition) is 1. The SMILES string of the molecule is CCOc1cc2oc3c(c2cc1/C(C)=C/C(=O)Nc1cc([N+](=O)[O-])ccc1OC)CCCC3. The summed E-state index contributed by atoms with van der Waals surface area (Å²) >= 11 is 0. The van der Waals surface area contributed by atoms with Gasteiger partial charge in [0.1, 0.15) is 22.8 Å². The van der Waals surface area contributed by atoms with Crippen molar-refractivity contribution in [1.82, 2.24) is 0 Å². The Labute approximate surface area is 191 Å². The number of benzene rings is 2. The van der Waals surface area contributed by atoms with E-state index in [9.17, 15) is 14.9 Å². The number of amides is 1. The predicted octanol–water partition coefficient (Wildman–Crippen LogP) is 5.67. The first-order valence-corrected chi connectivity index (χ1v) is 10.9. The third-order valence-corrected chi connectivity index (χ3v) is 5.78. The number of fused-ring (bicyclic) bond motifs is 3. The first kappa shape index (κ1) is 22.4. The molecule has 0 atom stereocenters. The average molecular weight is 450 g/mol. The Morgan fingerprint density at radius 2 is 2.00 bits per heavy atom. The Hall–Kier alpha value is -3.81. The molecule has 0 saturated heterocycles. The minimum atomic E-state index is -0.522. The molecular weight excluding hydrogens is 424 g/mol. The highest BCUT2D eigenvalue weighted by atomic mass is 16.6. The summed E-state index contributed by atoms with van der Waals surface area (Å²) in [6, 6.07) is 7.97. The number of non-ortho nitro benzene ring substituents is 1. The van der Waals surface area contributed by atoms with E-state index in [-0.39, 0.29) is 11.4 Å². The summed E-state index contributed by atoms with van der Waals surface area (Å²) in [5.41, 5.74) is 3.63. The largest absolute Gasteiger partial charge is 0.495 e. The van der Waals surface area contributed by atoms with E-state index in [1.165, 1.54) is 36.9 Å². The number of methoxy groups -OCH3 is 1. The smallest absolute Gasteiger partial charge is 0.271 e. The van der Waals surface area contributed by atoms with Crippen molar-refractivity contribution in [3.05, 3.63) is 63.4 Å². The number of hydrogen-bond acceptors (Lipinski definition) is 6. The molecule has 8 heteroatoms. The minimum absolute atomic E-state index is 0.138. The van der Waals surface area contributed by atoms with Crippen molar-refractivity contribution in [2.24, 2.45) is 0 Å². The number of nitrogens with zero attached hydrogens (tertiary/aromatic N) is 1. The number of carbonyl (C=O) groups is 1. The summed E-state index contributed by atoms with van der Waals surface area (Å²) in [6.45, 7) is 4.21. The van der Waals surface area contributed by atoms with Gasteiger partial charge in [-0.05, 0) is 50.8 Å². The number of nitro benzene ring substituents is 1. The van der Waals surface area contributed by atoms with Crippen LogP contribution in [-0.2, 0) is 17.6 Å². The van der Waals surface area contributed by atoms with Crippen LogP contribution >= 0.6 is 0 Å². The fourth-order valence-electron chi connectivity index (χ4n) is 4.22. The number of nitro groups is 1. The van der Waals surface area contributed by atoms with E-state index < -0.39 is 10.8 Å². The maximum Gasteiger partial charge on any atom is 0.271 e. The van der Waals surface area contributed by atoms with Crippen molar-refractivity contribution in [3.8, 4) is 11.5 Å². The summed E-state index contributed by atoms with van der Waals surface area (Å²) in [4.78, 5) is 23.4. The van der Waals surface area contributed by atoms with Gasteiger partial charge in [-0.1, -0.05) is 0 Å². The van der Waals surface area contributed by atoms with Crippen molar-refractivity contribution < 1.29 is 23.6 Å². The number of carbonyl (C=O) groups excluding carboxylic acids is 1. The molecule has 1 N–H and O–H groups in total. The van der Waals surface area contributed by atoms with Crippen molar-refractivity contribution in [1.29, 1.82) is 0 Å². The molecular formula is C25H26N2O6. The summed E-state index contributed by atoms with van der Waals surface area (Å²) in [6.07, 6.45) is 5.62. The van der Waals surface area contributed by atoms with E-state index in [0.29, 0.717) is 23.7 Å². The van der Waals surface area contributed by atoms with Crippen LogP contribution in [0.3, 0.4) is 0 Å². The first-order valence-electron chi connectivity index (χ1n) is 10.9. The average Bonchev–Trinajstić information content (AvgIpc) is 3.16. The molecule has 2 aromatic carbocycles. The highest BCUT2D eigenvalue weighted by Crippen LogP contribution is 2.38. The van der Waals surface area contributed by atoms with E-state index in [1.54, 1.807) is 0 Å². The standard InChI is InChI=1S/C25H26N2O6/c1-4-32-23-14-24-19(17-7-5-6-8-21(17)33-24)13-18(23)15(2)11-25(28)26-20-12-16(27(29)30)9-10-22(20)31-3/h9-14H,4-8H2,1-3H3,(H,26,28)/b15-11+. The van der Waals surface area contributed by atoms with Crippen LogP contribution in [0, 0.1) is 10.1 Å². The zero-order valence-corrected chi connectivity index (χ0v) is 18.9. The van der Waals surface area contributed by atoms with Crippen molar-refractivity contribution in [2.45, 2.75) is 39.5 Å². The van der Waals surface area contributed by atoms with Crippen LogP contribution in [0.5, 0.6) is 11.5 Å². The Morgan fingerprint density at radius 1 is 1.21 bits per heavy atom. The Balaban J connectivity index is 1.68. The normalized spacial score (nSPS) is 13.5. The number of aryl methyl sites for hydroxylation is 2. The van der Waals surface area contributed by atoms with E-state index in [0.717, 1.165) is 48.0 Å². The Bertz CT molecular complexity index is 1260. The fraction of sp³-hybridized carbons (Fsp3) is 0.320. The maximum absolute atomic E-state index is 12.8. The van der Waals surface area contributed by atoms with Gasteiger partial charge in [-0.25, -0.2) is 0 Å². The zero-order chi connectivity index (χ0) is 23.5. The first-order chi connectivity index (χ1) is 15.9. The van der Waals surface area contributed by atoms with Gasteiger partial charge in [0.05, 0.1) is 24.3 Å². The van der Waals surface area contributed by atoms with Crippen LogP contribution in [0.2, 0.25) is 0 Å². The fourth-order valence-corrected chi connectivity index (χ4v) is 4.22. The highest BCUT2D eigenvalue weighted by Gasteiger charge is 2.21. The maximum atomic E-state index is 12.8. The van der Waals surface area contributed by atoms with Gasteiger partial charge in [0.2, 0.25) is 5.91 Å². The third kappa shape index (κ3) is 4.55. The van der Waals surface area contributed by atoms with Crippen LogP contribution < -0.4 is 14.8 Å². The van der Waals surface area contributed by atoms with Crippen LogP contribution in [0.4, 0.5) is 11.4 Å². The van der Waals surface area contributed by atoms with Gasteiger partial charge in [0.25, 0.3) is 5.69 Å². The lowest BCUT2D eigenvalue weighted by Crippen LogP contribution is -2.10. The number of nitrogens with one attached hydrogen (secondary N) is 1. The van der Waals surface area contributed by atoms with E-state index in [2.05, 4.69) is 5.32 Å². The number of ether oxygens (including phenoxy) is 2. The number of furan rings is 1. The van der Waals surface area contributed by atoms with E-state index in [1.807, 2.05) is 26.0 Å². The van der Waals surface area contributed by atoms with Crippen molar-refractivity contribution in [3.63, 3.8) is 0 Å². The molecule has 1 amide bonds. The van der Waals surface area contributed by atoms with Gasteiger partial charge in [0, 0.05) is 47.2 Å². The molecule has 1 aliphatic carbocycles. The quantitative estimate of drug-likeness (QED) is 0.283. The highest BCUT2D eigenvalue weighted by molar-refractivity contribution is 6.05. The molecule has 0 bridgehead atoms. The van der Waals surface area contributed by atoms with E-state index in [4.69, 9.17) is 13.9 Å². The molecule has 0 fully saturated rings. The molecule has 0 saturated carbocycles. The lowest BCUT2D eigenvalue weighted by molar-refractivity contribution is -0.384. The Kier molecular flexibility index (Phi) is 6.35. The predicted molar refractivity (Wildman–Crippen MR) is 126 cm³/mol. The zero-order valence-electron chi connectivity index (χ0n) is 18.9. The number of allylic oxidation sites excluding steroid dienone is 1. The lowest BCUT2D eigenvalue weighted by atomic mass is 9.94.